The molecule has 1 N–H and O–H groups in total. The van der Waals surface area contributed by atoms with E-state index in [-0.39, 0.29) is 18.8 Å². The van der Waals surface area contributed by atoms with Crippen LogP contribution in [0.1, 0.15) is 38.7 Å². The maximum atomic E-state index is 12.7. The zero-order chi connectivity index (χ0) is 23.8. The van der Waals surface area contributed by atoms with Crippen LogP contribution in [0.25, 0.3) is 22.0 Å². The number of Topliss-reactive ketones (excluding diaryl/α,β-unsaturated/α-hetero) is 1. The first-order valence-corrected chi connectivity index (χ1v) is 12.5. The lowest BCUT2D eigenvalue weighted by Gasteiger charge is -2.14. The molecule has 3 rings (SSSR count). The lowest BCUT2D eigenvalue weighted by atomic mass is 9.93. The van der Waals surface area contributed by atoms with Crippen LogP contribution in [0.2, 0.25) is 0 Å². The highest BCUT2D eigenvalue weighted by Crippen LogP contribution is 2.44. The number of pyridine rings is 1. The van der Waals surface area contributed by atoms with E-state index in [4.69, 9.17) is 13.8 Å². The summed E-state index contributed by atoms with van der Waals surface area (Å²) in [7, 11) is -2.42. The topological polar surface area (TPSA) is 95.0 Å². The number of benzene rings is 2. The Morgan fingerprint density at radius 2 is 1.88 bits per heavy atom. The van der Waals surface area contributed by atoms with Gasteiger partial charge in [0.05, 0.1) is 25.3 Å². The van der Waals surface area contributed by atoms with Gasteiger partial charge in [-0.2, -0.15) is 0 Å². The Labute approximate surface area is 194 Å². The van der Waals surface area contributed by atoms with Gasteiger partial charge in [-0.3, -0.25) is 18.8 Å². The number of carbonyl (C=O) groups excluding carboxylic acids is 1. The molecule has 2 aromatic carbocycles. The number of ketones is 1. The van der Waals surface area contributed by atoms with Gasteiger partial charge < -0.3 is 9.63 Å². The highest BCUT2D eigenvalue weighted by Gasteiger charge is 2.22. The average Bonchev–Trinajstić information content (AvgIpc) is 2.78. The van der Waals surface area contributed by atoms with E-state index in [2.05, 4.69) is 4.98 Å². The van der Waals surface area contributed by atoms with Crippen LogP contribution in [-0.2, 0) is 24.8 Å². The first-order chi connectivity index (χ1) is 15.8. The van der Waals surface area contributed by atoms with Crippen LogP contribution < -0.4 is 4.74 Å². The van der Waals surface area contributed by atoms with E-state index in [9.17, 15) is 14.3 Å². The summed E-state index contributed by atoms with van der Waals surface area (Å²) in [4.78, 5) is 26.9. The normalized spacial score (nSPS) is 13.2. The number of phosphoric ester groups is 1. The van der Waals surface area contributed by atoms with Gasteiger partial charge in [-0.05, 0) is 61.6 Å². The number of unbranched alkanes of at least 4 members (excludes halogenated alkanes) is 1. The van der Waals surface area contributed by atoms with Crippen molar-refractivity contribution < 1.29 is 28.0 Å². The lowest BCUT2D eigenvalue weighted by molar-refractivity contribution is -0.118. The minimum atomic E-state index is -4.04. The van der Waals surface area contributed by atoms with Crippen molar-refractivity contribution in [2.75, 3.05) is 13.7 Å². The van der Waals surface area contributed by atoms with E-state index >= 15 is 0 Å². The van der Waals surface area contributed by atoms with E-state index < -0.39 is 13.9 Å². The second-order valence-corrected chi connectivity index (χ2v) is 9.44. The van der Waals surface area contributed by atoms with Crippen molar-refractivity contribution in [1.29, 1.82) is 0 Å². The van der Waals surface area contributed by atoms with Crippen LogP contribution in [0.4, 0.5) is 0 Å². The number of aromatic nitrogens is 1. The Balaban J connectivity index is 1.70. The number of nitrogens with zero attached hydrogens (tertiary/aromatic N) is 1. The minimum Gasteiger partial charge on any atom is -0.497 e. The Bertz CT molecular complexity index is 1130. The molecule has 0 saturated carbocycles. The molecular formula is C25H30NO6P. The van der Waals surface area contributed by atoms with Crippen LogP contribution in [0.5, 0.6) is 5.75 Å². The second-order valence-electron chi connectivity index (χ2n) is 8.04. The van der Waals surface area contributed by atoms with Gasteiger partial charge in [-0.1, -0.05) is 30.3 Å². The largest absolute Gasteiger partial charge is 0.497 e. The number of hydrogen-bond acceptors (Lipinski definition) is 6. The summed E-state index contributed by atoms with van der Waals surface area (Å²) in [5, 5.41) is 0.933. The molecule has 0 spiro atoms. The summed E-state index contributed by atoms with van der Waals surface area (Å²) in [5.41, 5.74) is 3.68. The average molecular weight is 471 g/mol. The van der Waals surface area contributed by atoms with Gasteiger partial charge in [0.2, 0.25) is 0 Å². The fourth-order valence-electron chi connectivity index (χ4n) is 3.62. The predicted octanol–water partition coefficient (Wildman–Crippen LogP) is 5.73. The second kappa shape index (κ2) is 11.5. The van der Waals surface area contributed by atoms with Crippen LogP contribution in [0.15, 0.2) is 54.7 Å². The first kappa shape index (κ1) is 25.1. The Hall–Kier alpha value is -2.57. The molecule has 0 radical (unpaired) electrons. The fraction of sp³-hybridized carbons (Fsp3) is 0.360. The molecule has 176 valence electrons. The van der Waals surface area contributed by atoms with Crippen molar-refractivity contribution >= 4 is 24.5 Å². The molecular weight excluding hydrogens is 441 g/mol. The van der Waals surface area contributed by atoms with Crippen LogP contribution >= 0.6 is 7.82 Å². The van der Waals surface area contributed by atoms with Crippen molar-refractivity contribution in [3.05, 3.63) is 60.3 Å². The van der Waals surface area contributed by atoms with Gasteiger partial charge in [0.15, 0.2) is 0 Å². The van der Waals surface area contributed by atoms with E-state index in [1.54, 1.807) is 27.2 Å². The summed E-state index contributed by atoms with van der Waals surface area (Å²) in [6.45, 7) is 3.37. The summed E-state index contributed by atoms with van der Waals surface area (Å²) in [5.74, 6) is 0.800. The third-order valence-electron chi connectivity index (χ3n) is 5.05. The van der Waals surface area contributed by atoms with Gasteiger partial charge in [0.25, 0.3) is 0 Å². The number of fused-ring (bicyclic) bond motifs is 1. The molecule has 0 bridgehead atoms. The van der Waals surface area contributed by atoms with Gasteiger partial charge >= 0.3 is 7.82 Å². The summed E-state index contributed by atoms with van der Waals surface area (Å²) < 4.78 is 26.9. The lowest BCUT2D eigenvalue weighted by Crippen LogP contribution is -2.06. The third kappa shape index (κ3) is 7.21. The van der Waals surface area contributed by atoms with Gasteiger partial charge in [-0.15, -0.1) is 0 Å². The molecule has 3 aromatic rings. The van der Waals surface area contributed by atoms with Crippen molar-refractivity contribution in [2.24, 2.45) is 0 Å². The molecule has 1 heterocycles. The van der Waals surface area contributed by atoms with Crippen molar-refractivity contribution in [3.8, 4) is 16.9 Å². The first-order valence-electron chi connectivity index (χ1n) is 11.0. The fourth-order valence-corrected chi connectivity index (χ4v) is 4.57. The Kier molecular flexibility index (Phi) is 8.75. The minimum absolute atomic E-state index is 0.0559. The molecule has 0 aliphatic carbocycles. The number of hydrogen-bond donors (Lipinski definition) is 1. The molecule has 0 aliphatic heterocycles. The SMILES string of the molecule is COc1ccc2ncc(CC(=O)CCCCOP(=O)(O)OC(C)C)c(-c3ccccc3)c2c1. The number of methoxy groups -OCH3 is 1. The molecule has 7 nitrogen and oxygen atoms in total. The van der Waals surface area contributed by atoms with E-state index in [0.29, 0.717) is 19.3 Å². The summed E-state index contributed by atoms with van der Waals surface area (Å²) in [6, 6.07) is 15.7. The Morgan fingerprint density at radius 1 is 1.12 bits per heavy atom. The molecule has 0 saturated heterocycles. The third-order valence-corrected chi connectivity index (χ3v) is 6.25. The van der Waals surface area contributed by atoms with Crippen LogP contribution in [0, 0.1) is 0 Å². The van der Waals surface area contributed by atoms with Gasteiger partial charge in [0, 0.05) is 24.4 Å². The number of ether oxygens (including phenoxy) is 1. The highest BCUT2D eigenvalue weighted by atomic mass is 31.2. The van der Waals surface area contributed by atoms with E-state index in [0.717, 1.165) is 33.3 Å². The van der Waals surface area contributed by atoms with Crippen molar-refractivity contribution in [2.45, 2.75) is 45.6 Å². The maximum absolute atomic E-state index is 12.7. The van der Waals surface area contributed by atoms with E-state index in [1.165, 1.54) is 0 Å². The Morgan fingerprint density at radius 3 is 2.58 bits per heavy atom. The highest BCUT2D eigenvalue weighted by molar-refractivity contribution is 7.47. The number of rotatable bonds is 12. The van der Waals surface area contributed by atoms with Crippen molar-refractivity contribution in [1.82, 2.24) is 4.98 Å². The van der Waals surface area contributed by atoms with Crippen LogP contribution in [0.3, 0.4) is 0 Å². The molecule has 1 unspecified atom stereocenters. The zero-order valence-corrected chi connectivity index (χ0v) is 20.1. The standard InChI is InChI=1S/C25H30NO6P/c1-18(2)32-33(28,29)31-14-8-7-11-21(27)15-20-17-26-24-13-12-22(30-3)16-23(24)25(20)19-9-5-4-6-10-19/h4-6,9-10,12-13,16-18H,7-8,11,14-15H2,1-3H3,(H,28,29). The smallest absolute Gasteiger partial charge is 0.472 e. The molecule has 8 heteroatoms. The predicted molar refractivity (Wildman–Crippen MR) is 128 cm³/mol. The number of carbonyl (C=O) groups is 1. The summed E-state index contributed by atoms with van der Waals surface area (Å²) in [6.07, 6.45) is 2.99. The van der Waals surface area contributed by atoms with Crippen molar-refractivity contribution in [3.63, 3.8) is 0 Å². The van der Waals surface area contributed by atoms with E-state index in [1.807, 2.05) is 48.5 Å². The molecule has 33 heavy (non-hydrogen) atoms. The van der Waals surface area contributed by atoms with Gasteiger partial charge in [0.1, 0.15) is 11.5 Å². The zero-order valence-electron chi connectivity index (χ0n) is 19.2. The molecule has 1 aromatic heterocycles. The molecule has 0 aliphatic rings. The quantitative estimate of drug-likeness (QED) is 0.266. The maximum Gasteiger partial charge on any atom is 0.472 e. The summed E-state index contributed by atoms with van der Waals surface area (Å²) >= 11 is 0. The molecule has 0 amide bonds. The van der Waals surface area contributed by atoms with Crippen LogP contribution in [-0.4, -0.2) is 35.5 Å². The molecule has 1 atom stereocenters. The monoisotopic (exact) mass is 471 g/mol. The van der Waals surface area contributed by atoms with Gasteiger partial charge in [-0.25, -0.2) is 4.57 Å². The molecule has 0 fully saturated rings. The number of phosphoric acid groups is 1.